The predicted molar refractivity (Wildman–Crippen MR) is 79.5 cm³/mol. The molecule has 0 spiro atoms. The highest BCUT2D eigenvalue weighted by Gasteiger charge is 2.36. The summed E-state index contributed by atoms with van der Waals surface area (Å²) in [6.45, 7) is 4.26. The van der Waals surface area contributed by atoms with E-state index < -0.39 is 12.0 Å². The first kappa shape index (κ1) is 15.8. The van der Waals surface area contributed by atoms with Gasteiger partial charge in [-0.05, 0) is 37.8 Å². The van der Waals surface area contributed by atoms with Crippen LogP contribution in [-0.4, -0.2) is 39.5 Å². The molecule has 1 saturated heterocycles. The van der Waals surface area contributed by atoms with Crippen LogP contribution >= 0.6 is 11.6 Å². The zero-order valence-corrected chi connectivity index (χ0v) is 12.9. The zero-order chi connectivity index (χ0) is 15.6. The van der Waals surface area contributed by atoms with Crippen LogP contribution in [-0.2, 0) is 4.79 Å². The van der Waals surface area contributed by atoms with Gasteiger partial charge in [-0.15, -0.1) is 0 Å². The number of hydrogen-bond donors (Lipinski definition) is 1. The molecule has 2 unspecified atom stereocenters. The number of piperidine rings is 1. The van der Waals surface area contributed by atoms with Crippen LogP contribution in [0.15, 0.2) is 12.1 Å². The fraction of sp³-hybridized carbons (Fsp3) is 0.533. The summed E-state index contributed by atoms with van der Waals surface area (Å²) in [4.78, 5) is 29.5. The van der Waals surface area contributed by atoms with Crippen molar-refractivity contribution >= 4 is 23.5 Å². The summed E-state index contributed by atoms with van der Waals surface area (Å²) in [5.74, 6) is -0.874. The number of rotatable bonds is 3. The molecule has 21 heavy (non-hydrogen) atoms. The Morgan fingerprint density at radius 1 is 1.48 bits per heavy atom. The minimum atomic E-state index is -0.946. The number of hydrogen-bond acceptors (Lipinski definition) is 3. The predicted octanol–water partition coefficient (Wildman–Crippen LogP) is 2.76. The highest BCUT2D eigenvalue weighted by atomic mass is 35.5. The van der Waals surface area contributed by atoms with Crippen molar-refractivity contribution in [2.45, 2.75) is 39.2 Å². The molecule has 1 aromatic heterocycles. The summed E-state index contributed by atoms with van der Waals surface area (Å²) in [6.07, 6.45) is 2.28. The highest BCUT2D eigenvalue weighted by Crippen LogP contribution is 2.27. The molecule has 0 saturated carbocycles. The number of aliphatic carboxylic acids is 1. The smallest absolute Gasteiger partial charge is 0.326 e. The van der Waals surface area contributed by atoms with Gasteiger partial charge < -0.3 is 10.0 Å². The molecule has 2 heterocycles. The third-order valence-electron chi connectivity index (χ3n) is 4.00. The molecule has 1 fully saturated rings. The van der Waals surface area contributed by atoms with Crippen LogP contribution in [0.3, 0.4) is 0 Å². The molecule has 5 nitrogen and oxygen atoms in total. The van der Waals surface area contributed by atoms with Crippen molar-refractivity contribution in [2.75, 3.05) is 6.54 Å². The summed E-state index contributed by atoms with van der Waals surface area (Å²) in [5.41, 5.74) is 1.04. The van der Waals surface area contributed by atoms with E-state index >= 15 is 0 Å². The quantitative estimate of drug-likeness (QED) is 0.871. The molecule has 0 aliphatic carbocycles. The Labute approximate surface area is 128 Å². The van der Waals surface area contributed by atoms with Crippen LogP contribution in [0, 0.1) is 12.8 Å². The molecule has 2 rings (SSSR count). The SMILES string of the molecule is CCC1CCN(C(=O)c2cc(C)nc(Cl)c2)C(C(=O)O)C1. The van der Waals surface area contributed by atoms with Crippen LogP contribution < -0.4 is 0 Å². The lowest BCUT2D eigenvalue weighted by Crippen LogP contribution is -2.50. The molecular weight excluding hydrogens is 292 g/mol. The van der Waals surface area contributed by atoms with Gasteiger partial charge in [-0.1, -0.05) is 24.9 Å². The van der Waals surface area contributed by atoms with E-state index in [-0.39, 0.29) is 11.1 Å². The van der Waals surface area contributed by atoms with Gasteiger partial charge in [-0.25, -0.2) is 9.78 Å². The fourth-order valence-corrected chi connectivity index (χ4v) is 3.05. The van der Waals surface area contributed by atoms with Gasteiger partial charge >= 0.3 is 5.97 Å². The average Bonchev–Trinajstić information content (AvgIpc) is 2.44. The van der Waals surface area contributed by atoms with Crippen LogP contribution in [0.1, 0.15) is 42.2 Å². The summed E-state index contributed by atoms with van der Waals surface area (Å²) in [6, 6.07) is 2.37. The lowest BCUT2D eigenvalue weighted by molar-refractivity contribution is -0.144. The second-order valence-corrected chi connectivity index (χ2v) is 5.86. The Morgan fingerprint density at radius 3 is 2.76 bits per heavy atom. The van der Waals surface area contributed by atoms with Crippen molar-refractivity contribution in [3.05, 3.63) is 28.5 Å². The molecule has 1 aromatic rings. The Hall–Kier alpha value is -1.62. The first-order chi connectivity index (χ1) is 9.92. The van der Waals surface area contributed by atoms with Crippen molar-refractivity contribution in [1.29, 1.82) is 0 Å². The number of carboxylic acids is 1. The maximum absolute atomic E-state index is 12.6. The monoisotopic (exact) mass is 310 g/mol. The van der Waals surface area contributed by atoms with Crippen LogP contribution in [0.4, 0.5) is 0 Å². The molecule has 114 valence electrons. The molecule has 0 bridgehead atoms. The van der Waals surface area contributed by atoms with Crippen LogP contribution in [0.5, 0.6) is 0 Å². The second kappa shape index (κ2) is 6.43. The number of aryl methyl sites for hydroxylation is 1. The molecule has 1 N–H and O–H groups in total. The zero-order valence-electron chi connectivity index (χ0n) is 12.2. The summed E-state index contributed by atoms with van der Waals surface area (Å²) in [5, 5.41) is 9.64. The van der Waals surface area contributed by atoms with Gasteiger partial charge in [0.05, 0.1) is 0 Å². The molecular formula is C15H19ClN2O3. The van der Waals surface area contributed by atoms with Crippen molar-refractivity contribution in [3.8, 4) is 0 Å². The largest absolute Gasteiger partial charge is 0.480 e. The number of likely N-dealkylation sites (tertiary alicyclic amines) is 1. The molecule has 6 heteroatoms. The first-order valence-electron chi connectivity index (χ1n) is 7.10. The molecule has 0 aromatic carbocycles. The minimum absolute atomic E-state index is 0.244. The normalized spacial score (nSPS) is 22.1. The number of amides is 1. The van der Waals surface area contributed by atoms with E-state index in [1.165, 1.54) is 11.0 Å². The van der Waals surface area contributed by atoms with E-state index in [0.29, 0.717) is 30.1 Å². The van der Waals surface area contributed by atoms with E-state index in [2.05, 4.69) is 4.98 Å². The van der Waals surface area contributed by atoms with Crippen LogP contribution in [0.2, 0.25) is 5.15 Å². The number of pyridine rings is 1. The number of carbonyl (C=O) groups excluding carboxylic acids is 1. The lowest BCUT2D eigenvalue weighted by Gasteiger charge is -2.37. The average molecular weight is 311 g/mol. The van der Waals surface area contributed by atoms with E-state index in [9.17, 15) is 14.7 Å². The first-order valence-corrected chi connectivity index (χ1v) is 7.48. The minimum Gasteiger partial charge on any atom is -0.480 e. The number of halogens is 1. The topological polar surface area (TPSA) is 70.5 Å². The molecule has 1 aliphatic rings. The van der Waals surface area contributed by atoms with E-state index in [0.717, 1.165) is 12.8 Å². The van der Waals surface area contributed by atoms with E-state index in [1.54, 1.807) is 13.0 Å². The third-order valence-corrected chi connectivity index (χ3v) is 4.20. The van der Waals surface area contributed by atoms with Gasteiger partial charge in [0, 0.05) is 17.8 Å². The number of nitrogens with zero attached hydrogens (tertiary/aromatic N) is 2. The molecule has 2 atom stereocenters. The lowest BCUT2D eigenvalue weighted by atomic mass is 9.88. The van der Waals surface area contributed by atoms with Gasteiger partial charge in [-0.3, -0.25) is 4.79 Å². The Kier molecular flexibility index (Phi) is 4.83. The second-order valence-electron chi connectivity index (χ2n) is 5.47. The van der Waals surface area contributed by atoms with E-state index in [1.807, 2.05) is 6.92 Å². The summed E-state index contributed by atoms with van der Waals surface area (Å²) < 4.78 is 0. The molecule has 1 aliphatic heterocycles. The van der Waals surface area contributed by atoms with Gasteiger partial charge in [0.2, 0.25) is 0 Å². The van der Waals surface area contributed by atoms with Gasteiger partial charge in [0.1, 0.15) is 11.2 Å². The van der Waals surface area contributed by atoms with E-state index in [4.69, 9.17) is 11.6 Å². The van der Waals surface area contributed by atoms with Gasteiger partial charge in [0.25, 0.3) is 5.91 Å². The standard InChI is InChI=1S/C15H19ClN2O3/c1-3-10-4-5-18(12(7-10)15(20)21)14(19)11-6-9(2)17-13(16)8-11/h6,8,10,12H,3-5,7H2,1-2H3,(H,20,21). The third kappa shape index (κ3) is 3.53. The van der Waals surface area contributed by atoms with Crippen LogP contribution in [0.25, 0.3) is 0 Å². The number of carbonyl (C=O) groups is 2. The Morgan fingerprint density at radius 2 is 2.19 bits per heavy atom. The number of aromatic nitrogens is 1. The fourth-order valence-electron chi connectivity index (χ4n) is 2.80. The maximum atomic E-state index is 12.6. The van der Waals surface area contributed by atoms with Crippen molar-refractivity contribution in [3.63, 3.8) is 0 Å². The molecule has 1 amide bonds. The highest BCUT2D eigenvalue weighted by molar-refractivity contribution is 6.29. The van der Waals surface area contributed by atoms with Crippen molar-refractivity contribution < 1.29 is 14.7 Å². The maximum Gasteiger partial charge on any atom is 0.326 e. The number of carboxylic acid groups (broad SMARTS) is 1. The molecule has 0 radical (unpaired) electrons. The summed E-state index contributed by atoms with van der Waals surface area (Å²) in [7, 11) is 0. The van der Waals surface area contributed by atoms with Gasteiger partial charge in [0.15, 0.2) is 0 Å². The Balaban J connectivity index is 2.26. The van der Waals surface area contributed by atoms with Gasteiger partial charge in [-0.2, -0.15) is 0 Å². The van der Waals surface area contributed by atoms with Crippen molar-refractivity contribution in [1.82, 2.24) is 9.88 Å². The summed E-state index contributed by atoms with van der Waals surface area (Å²) >= 11 is 5.88. The van der Waals surface area contributed by atoms with Crippen molar-refractivity contribution in [2.24, 2.45) is 5.92 Å². The Bertz CT molecular complexity index is 542.